The Morgan fingerprint density at radius 2 is 1.54 bits per heavy atom. The van der Waals surface area contributed by atoms with Crippen LogP contribution in [0.5, 0.6) is 0 Å². The van der Waals surface area contributed by atoms with Crippen molar-refractivity contribution in [1.29, 1.82) is 0 Å². The van der Waals surface area contributed by atoms with Gasteiger partial charge in [0.15, 0.2) is 5.92 Å². The zero-order valence-corrected chi connectivity index (χ0v) is 7.35. The summed E-state index contributed by atoms with van der Waals surface area (Å²) < 4.78 is 10.3. The summed E-state index contributed by atoms with van der Waals surface area (Å²) in [6.45, 7) is 0. The molecule has 13 heavy (non-hydrogen) atoms. The number of carbonyl (C=O) groups is 2. The summed E-state index contributed by atoms with van der Waals surface area (Å²) in [4.78, 5) is 37.2. The summed E-state index contributed by atoms with van der Waals surface area (Å²) in [6, 6.07) is 0. The van der Waals surface area contributed by atoms with Crippen molar-refractivity contribution in [2.24, 2.45) is 5.92 Å². The number of rotatable bonds is 5. The minimum absolute atomic E-state index is 0.574. The molecule has 4 N–H and O–H groups in total. The van der Waals surface area contributed by atoms with Crippen molar-refractivity contribution in [3.05, 3.63) is 0 Å². The maximum Gasteiger partial charge on any atom is 0.325 e. The molecule has 8 heteroatoms. The van der Waals surface area contributed by atoms with Gasteiger partial charge in [0.25, 0.3) is 0 Å². The molecule has 76 valence electrons. The maximum atomic E-state index is 10.3. The molecule has 0 aliphatic rings. The van der Waals surface area contributed by atoms with Crippen molar-refractivity contribution in [3.63, 3.8) is 0 Å². The first-order chi connectivity index (χ1) is 5.74. The number of carboxylic acid groups (broad SMARTS) is 2. The molecule has 0 fully saturated rings. The van der Waals surface area contributed by atoms with Crippen LogP contribution in [0.1, 0.15) is 6.42 Å². The number of carboxylic acids is 2. The van der Waals surface area contributed by atoms with Crippen LogP contribution >= 0.6 is 7.60 Å². The average Bonchev–Trinajstić information content (AvgIpc) is 1.82. The van der Waals surface area contributed by atoms with Crippen LogP contribution in [0, 0.1) is 5.92 Å². The van der Waals surface area contributed by atoms with Gasteiger partial charge in [-0.15, -0.1) is 0 Å². The van der Waals surface area contributed by atoms with Gasteiger partial charge in [0.05, 0.1) is 6.16 Å². The average molecular weight is 212 g/mol. The summed E-state index contributed by atoms with van der Waals surface area (Å²) in [5.41, 5.74) is 0. The van der Waals surface area contributed by atoms with Gasteiger partial charge in [-0.25, -0.2) is 0 Å². The van der Waals surface area contributed by atoms with E-state index in [0.29, 0.717) is 0 Å². The highest BCUT2D eigenvalue weighted by Gasteiger charge is 2.28. The van der Waals surface area contributed by atoms with E-state index in [0.717, 1.165) is 0 Å². The normalized spacial score (nSPS) is 11.6. The molecule has 0 atom stereocenters. The Balaban J connectivity index is 4.22. The second-order valence-electron chi connectivity index (χ2n) is 2.41. The summed E-state index contributed by atoms with van der Waals surface area (Å²) >= 11 is 0. The maximum absolute atomic E-state index is 10.3. The SMILES string of the molecule is O=C(O)C(CCP(=O)(O)O)C(=O)O. The van der Waals surface area contributed by atoms with E-state index in [9.17, 15) is 14.2 Å². The van der Waals surface area contributed by atoms with Crippen LogP contribution in [0.4, 0.5) is 0 Å². The van der Waals surface area contributed by atoms with E-state index in [1.807, 2.05) is 0 Å². The molecule has 0 aliphatic heterocycles. The van der Waals surface area contributed by atoms with Gasteiger partial charge in [-0.05, 0) is 6.42 Å². The van der Waals surface area contributed by atoms with E-state index >= 15 is 0 Å². The predicted octanol–water partition coefficient (Wildman–Crippen LogP) is -0.660. The first-order valence-electron chi connectivity index (χ1n) is 3.24. The molecule has 0 aromatic rings. The van der Waals surface area contributed by atoms with Crippen LogP contribution in [0.15, 0.2) is 0 Å². The Morgan fingerprint density at radius 3 is 1.77 bits per heavy atom. The Bertz CT molecular complexity index is 240. The second-order valence-corrected chi connectivity index (χ2v) is 4.18. The zero-order valence-electron chi connectivity index (χ0n) is 6.45. The number of aliphatic carboxylic acids is 2. The van der Waals surface area contributed by atoms with Crippen LogP contribution in [-0.2, 0) is 14.2 Å². The van der Waals surface area contributed by atoms with E-state index in [1.54, 1.807) is 0 Å². The Hall–Kier alpha value is -0.910. The molecule has 7 nitrogen and oxygen atoms in total. The summed E-state index contributed by atoms with van der Waals surface area (Å²) in [7, 11) is -4.33. The molecule has 0 radical (unpaired) electrons. The molecule has 0 bridgehead atoms. The Morgan fingerprint density at radius 1 is 1.15 bits per heavy atom. The van der Waals surface area contributed by atoms with Crippen LogP contribution in [0.2, 0.25) is 0 Å². The predicted molar refractivity (Wildman–Crippen MR) is 40.3 cm³/mol. The Labute approximate surface area is 73.2 Å². The summed E-state index contributed by atoms with van der Waals surface area (Å²) in [5, 5.41) is 16.6. The summed E-state index contributed by atoms with van der Waals surface area (Å²) in [6.07, 6.45) is -1.31. The van der Waals surface area contributed by atoms with Crippen molar-refractivity contribution >= 4 is 19.5 Å². The molecule has 0 aromatic carbocycles. The third kappa shape index (κ3) is 5.35. The van der Waals surface area contributed by atoms with Crippen LogP contribution in [0.3, 0.4) is 0 Å². The third-order valence-electron chi connectivity index (χ3n) is 1.31. The fraction of sp³-hybridized carbons (Fsp3) is 0.600. The standard InChI is InChI=1S/C5H9O7P/c6-4(7)3(5(8)9)1-2-13(10,11)12/h3H,1-2H2,(H,6,7)(H,8,9)(H2,10,11,12). The highest BCUT2D eigenvalue weighted by molar-refractivity contribution is 7.51. The molecule has 0 spiro atoms. The quantitative estimate of drug-likeness (QED) is 0.351. The van der Waals surface area contributed by atoms with Crippen molar-refractivity contribution < 1.29 is 34.2 Å². The van der Waals surface area contributed by atoms with Gasteiger partial charge in [0.2, 0.25) is 0 Å². The smallest absolute Gasteiger partial charge is 0.325 e. The highest BCUT2D eigenvalue weighted by atomic mass is 31.2. The zero-order chi connectivity index (χ0) is 10.6. The third-order valence-corrected chi connectivity index (χ3v) is 2.15. The van der Waals surface area contributed by atoms with Crippen LogP contribution in [-0.4, -0.2) is 38.1 Å². The molecule has 0 aromatic heterocycles. The number of hydrogen-bond acceptors (Lipinski definition) is 3. The van der Waals surface area contributed by atoms with Crippen molar-refractivity contribution in [1.82, 2.24) is 0 Å². The molecule has 0 amide bonds. The number of hydrogen-bond donors (Lipinski definition) is 4. The second kappa shape index (κ2) is 4.36. The van der Waals surface area contributed by atoms with Crippen molar-refractivity contribution in [2.75, 3.05) is 6.16 Å². The molecule has 0 saturated heterocycles. The monoisotopic (exact) mass is 212 g/mol. The lowest BCUT2D eigenvalue weighted by atomic mass is 10.1. The molecular weight excluding hydrogens is 203 g/mol. The van der Waals surface area contributed by atoms with E-state index in [-0.39, 0.29) is 0 Å². The topological polar surface area (TPSA) is 132 Å². The lowest BCUT2D eigenvalue weighted by molar-refractivity contribution is -0.154. The lowest BCUT2D eigenvalue weighted by Gasteiger charge is -2.07. The molecular formula is C5H9O7P. The largest absolute Gasteiger partial charge is 0.481 e. The Kier molecular flexibility index (Phi) is 4.06. The highest BCUT2D eigenvalue weighted by Crippen LogP contribution is 2.36. The van der Waals surface area contributed by atoms with Gasteiger partial charge in [0, 0.05) is 0 Å². The first kappa shape index (κ1) is 12.1. The van der Waals surface area contributed by atoms with Crippen molar-refractivity contribution in [3.8, 4) is 0 Å². The minimum atomic E-state index is -4.33. The van der Waals surface area contributed by atoms with Gasteiger partial charge in [0.1, 0.15) is 0 Å². The van der Waals surface area contributed by atoms with E-state index in [4.69, 9.17) is 20.0 Å². The molecule has 0 heterocycles. The van der Waals surface area contributed by atoms with Gasteiger partial charge < -0.3 is 20.0 Å². The fourth-order valence-corrected chi connectivity index (χ4v) is 1.24. The van der Waals surface area contributed by atoms with Crippen LogP contribution < -0.4 is 0 Å². The van der Waals surface area contributed by atoms with Gasteiger partial charge >= 0.3 is 19.5 Å². The molecule has 0 saturated carbocycles. The fourth-order valence-electron chi connectivity index (χ4n) is 0.650. The van der Waals surface area contributed by atoms with Gasteiger partial charge in [-0.1, -0.05) is 0 Å². The first-order valence-corrected chi connectivity index (χ1v) is 5.04. The van der Waals surface area contributed by atoms with E-state index in [1.165, 1.54) is 0 Å². The van der Waals surface area contributed by atoms with Crippen molar-refractivity contribution in [2.45, 2.75) is 6.42 Å². The van der Waals surface area contributed by atoms with E-state index < -0.39 is 38.0 Å². The van der Waals surface area contributed by atoms with Gasteiger partial charge in [-0.3, -0.25) is 14.2 Å². The molecule has 0 aliphatic carbocycles. The molecule has 0 unspecified atom stereocenters. The van der Waals surface area contributed by atoms with Gasteiger partial charge in [-0.2, -0.15) is 0 Å². The van der Waals surface area contributed by atoms with E-state index in [2.05, 4.69) is 0 Å². The lowest BCUT2D eigenvalue weighted by Crippen LogP contribution is -2.24. The molecule has 0 rings (SSSR count). The van der Waals surface area contributed by atoms with Crippen LogP contribution in [0.25, 0.3) is 0 Å². The summed E-state index contributed by atoms with van der Waals surface area (Å²) in [5.74, 6) is -4.95. The minimum Gasteiger partial charge on any atom is -0.481 e.